The van der Waals surface area contributed by atoms with E-state index >= 15 is 8.78 Å². The van der Waals surface area contributed by atoms with Crippen LogP contribution in [0.15, 0.2) is 42.7 Å². The highest BCUT2D eigenvalue weighted by Crippen LogP contribution is 2.33. The Morgan fingerprint density at radius 3 is 1.41 bits per heavy atom. The second kappa shape index (κ2) is 10.2. The molecule has 0 spiro atoms. The number of imidazole rings is 1. The van der Waals surface area contributed by atoms with Gasteiger partial charge in [-0.05, 0) is 23.7 Å². The molecule has 2 aromatic carbocycles. The molecule has 5 heteroatoms. The molecule has 0 amide bonds. The van der Waals surface area contributed by atoms with E-state index in [0.717, 1.165) is 33.6 Å². The van der Waals surface area contributed by atoms with Crippen molar-refractivity contribution in [1.82, 2.24) is 4.57 Å². The van der Waals surface area contributed by atoms with Crippen molar-refractivity contribution in [3.05, 3.63) is 76.9 Å². The maximum absolute atomic E-state index is 15.5. The first-order valence-electron chi connectivity index (χ1n) is 11.3. The van der Waals surface area contributed by atoms with E-state index in [4.69, 9.17) is 0 Å². The normalized spacial score (nSPS) is 11.7. The molecule has 0 saturated heterocycles. The Hall–Kier alpha value is -2.20. The third-order valence-corrected chi connectivity index (χ3v) is 5.99. The van der Waals surface area contributed by atoms with E-state index in [9.17, 15) is 0 Å². The zero-order valence-corrected chi connectivity index (χ0v) is 21.1. The van der Waals surface area contributed by atoms with Crippen LogP contribution in [-0.2, 0) is 0 Å². The molecule has 0 aliphatic rings. The summed E-state index contributed by atoms with van der Waals surface area (Å²) in [6.07, 6.45) is 1.59. The molecule has 1 aromatic heterocycles. The number of benzene rings is 2. The lowest BCUT2D eigenvalue weighted by Crippen LogP contribution is -3.00. The maximum Gasteiger partial charge on any atom is 0.361 e. The summed E-state index contributed by atoms with van der Waals surface area (Å²) in [5.41, 5.74) is 5.52. The van der Waals surface area contributed by atoms with Gasteiger partial charge in [0.15, 0.2) is 0 Å². The lowest BCUT2D eigenvalue weighted by Gasteiger charge is -2.17. The fourth-order valence-corrected chi connectivity index (χ4v) is 4.31. The van der Waals surface area contributed by atoms with Gasteiger partial charge in [0.1, 0.15) is 11.4 Å². The Morgan fingerprint density at radius 1 is 0.656 bits per heavy atom. The van der Waals surface area contributed by atoms with Gasteiger partial charge in [-0.3, -0.25) is 0 Å². The van der Waals surface area contributed by atoms with E-state index in [1.165, 1.54) is 9.13 Å². The van der Waals surface area contributed by atoms with Crippen LogP contribution in [-0.4, -0.2) is 4.57 Å². The van der Waals surface area contributed by atoms with Crippen LogP contribution in [0.1, 0.15) is 101 Å². The van der Waals surface area contributed by atoms with Crippen LogP contribution < -0.4 is 17.0 Å². The highest BCUT2D eigenvalue weighted by Gasteiger charge is 2.33. The van der Waals surface area contributed by atoms with Crippen LogP contribution in [0.5, 0.6) is 0 Å². The van der Waals surface area contributed by atoms with Gasteiger partial charge >= 0.3 is 11.9 Å². The van der Waals surface area contributed by atoms with E-state index in [2.05, 4.69) is 55.4 Å². The molecule has 2 nitrogen and oxygen atoms in total. The molecule has 32 heavy (non-hydrogen) atoms. The molecule has 0 aliphatic heterocycles. The molecule has 1 heterocycles. The molecule has 0 saturated carbocycles. The summed E-state index contributed by atoms with van der Waals surface area (Å²) in [5, 5.41) is 0. The molecule has 3 rings (SSSR count). The zero-order chi connectivity index (χ0) is 23.0. The number of halogens is 3. The third-order valence-electron chi connectivity index (χ3n) is 5.99. The van der Waals surface area contributed by atoms with Gasteiger partial charge in [0.25, 0.3) is 6.33 Å². The van der Waals surface area contributed by atoms with Crippen LogP contribution >= 0.6 is 0 Å². The second-order valence-electron chi connectivity index (χ2n) is 9.63. The largest absolute Gasteiger partial charge is 1.00 e. The average Bonchev–Trinajstić information content (AvgIpc) is 3.00. The summed E-state index contributed by atoms with van der Waals surface area (Å²) >= 11 is 0. The number of hydrogen-bond acceptors (Lipinski definition) is 0. The first-order chi connectivity index (χ1) is 14.6. The summed E-state index contributed by atoms with van der Waals surface area (Å²) < 4.78 is 33.8. The van der Waals surface area contributed by atoms with Crippen LogP contribution in [0.3, 0.4) is 0 Å². The van der Waals surface area contributed by atoms with Crippen molar-refractivity contribution >= 4 is 0 Å². The molecule has 0 radical (unpaired) electrons. The Labute approximate surface area is 197 Å². The van der Waals surface area contributed by atoms with E-state index in [-0.39, 0.29) is 36.1 Å². The fourth-order valence-electron chi connectivity index (χ4n) is 4.31. The van der Waals surface area contributed by atoms with Crippen molar-refractivity contribution in [1.29, 1.82) is 0 Å². The summed E-state index contributed by atoms with van der Waals surface area (Å²) in [5.74, 6) is -0.990. The highest BCUT2D eigenvalue weighted by atomic mass is 35.5. The lowest BCUT2D eigenvalue weighted by molar-refractivity contribution is -0.628. The maximum atomic E-state index is 15.5. The minimum atomic E-state index is -0.858. The quantitative estimate of drug-likeness (QED) is 0.478. The van der Waals surface area contributed by atoms with Gasteiger partial charge in [-0.1, -0.05) is 91.8 Å². The van der Waals surface area contributed by atoms with Crippen molar-refractivity contribution in [2.24, 2.45) is 0 Å². The summed E-state index contributed by atoms with van der Waals surface area (Å²) in [6, 6.07) is 12.0. The standard InChI is InChI=1S/C27H35F2N2.ClH/c1-16(2)20-11-9-12-21(17(3)4)24(20)30-15-31(27(29)26(30)28)25-22(18(5)6)13-10-14-23(25)19(7)8;/h9-19H,1-8H3;1H/q+1;/p-1. The summed E-state index contributed by atoms with van der Waals surface area (Å²) in [6.45, 7) is 16.7. The predicted octanol–water partition coefficient (Wildman–Crippen LogP) is 4.53. The Bertz CT molecular complexity index is 945. The van der Waals surface area contributed by atoms with E-state index < -0.39 is 11.9 Å². The van der Waals surface area contributed by atoms with Gasteiger partial charge in [-0.2, -0.15) is 17.9 Å². The molecule has 0 N–H and O–H groups in total. The third kappa shape index (κ3) is 4.61. The van der Waals surface area contributed by atoms with Crippen molar-refractivity contribution in [3.63, 3.8) is 0 Å². The highest BCUT2D eigenvalue weighted by molar-refractivity contribution is 5.51. The fraction of sp³-hybridized carbons (Fsp3) is 0.444. The predicted molar refractivity (Wildman–Crippen MR) is 124 cm³/mol. The monoisotopic (exact) mass is 460 g/mol. The first kappa shape index (κ1) is 26.1. The zero-order valence-electron chi connectivity index (χ0n) is 20.4. The van der Waals surface area contributed by atoms with Crippen molar-refractivity contribution in [2.75, 3.05) is 0 Å². The van der Waals surface area contributed by atoms with E-state index in [1.807, 2.05) is 36.4 Å². The van der Waals surface area contributed by atoms with Gasteiger partial charge in [0, 0.05) is 22.3 Å². The Morgan fingerprint density at radius 2 is 1.03 bits per heavy atom. The SMILES string of the molecule is CC(C)c1cccc(C(C)C)c1-n1c[n+](-c2c(C(C)C)cccc2C(C)C)c(F)c1F.[Cl-]. The topological polar surface area (TPSA) is 8.81 Å². The van der Waals surface area contributed by atoms with Gasteiger partial charge in [-0.25, -0.2) is 0 Å². The molecule has 174 valence electrons. The Balaban J connectivity index is 0.00000363. The molecular weight excluding hydrogens is 426 g/mol. The summed E-state index contributed by atoms with van der Waals surface area (Å²) in [4.78, 5) is 0. The first-order valence-corrected chi connectivity index (χ1v) is 11.3. The smallest absolute Gasteiger partial charge is 0.361 e. The van der Waals surface area contributed by atoms with Crippen LogP contribution in [0, 0.1) is 11.9 Å². The van der Waals surface area contributed by atoms with Gasteiger partial charge in [-0.15, -0.1) is 0 Å². The average molecular weight is 461 g/mol. The molecule has 0 aliphatic carbocycles. The molecule has 0 atom stereocenters. The van der Waals surface area contributed by atoms with Crippen LogP contribution in [0.4, 0.5) is 8.78 Å². The molecule has 0 fully saturated rings. The van der Waals surface area contributed by atoms with Crippen molar-refractivity contribution in [3.8, 4) is 11.4 Å². The lowest BCUT2D eigenvalue weighted by atomic mass is 9.92. The minimum Gasteiger partial charge on any atom is -1.00 e. The molecule has 0 unspecified atom stereocenters. The molecule has 3 aromatic rings. The molecular formula is C27H35ClF2N2. The van der Waals surface area contributed by atoms with E-state index in [0.29, 0.717) is 0 Å². The number of hydrogen-bond donors (Lipinski definition) is 0. The Kier molecular flexibility index (Phi) is 8.27. The minimum absolute atomic E-state index is 0. The summed E-state index contributed by atoms with van der Waals surface area (Å²) in [7, 11) is 0. The number of nitrogens with zero attached hydrogens (tertiary/aromatic N) is 2. The second-order valence-corrected chi connectivity index (χ2v) is 9.63. The van der Waals surface area contributed by atoms with Crippen molar-refractivity contribution < 1.29 is 25.8 Å². The van der Waals surface area contributed by atoms with Gasteiger partial charge in [0.05, 0.1) is 0 Å². The van der Waals surface area contributed by atoms with E-state index in [1.54, 1.807) is 6.33 Å². The van der Waals surface area contributed by atoms with Crippen LogP contribution in [0.2, 0.25) is 0 Å². The van der Waals surface area contributed by atoms with Crippen molar-refractivity contribution in [2.45, 2.75) is 79.1 Å². The number of aromatic nitrogens is 2. The number of para-hydroxylation sites is 2. The van der Waals surface area contributed by atoms with Crippen LogP contribution in [0.25, 0.3) is 11.4 Å². The van der Waals surface area contributed by atoms with Gasteiger partial charge < -0.3 is 12.4 Å². The molecule has 0 bridgehead atoms. The number of rotatable bonds is 6. The van der Waals surface area contributed by atoms with Gasteiger partial charge in [0.2, 0.25) is 0 Å².